The minimum absolute atomic E-state index is 0.0233. The fraction of sp³-hybridized carbons (Fsp3) is 0.846. The van der Waals surface area contributed by atoms with E-state index in [-0.39, 0.29) is 24.3 Å². The van der Waals surface area contributed by atoms with Crippen LogP contribution in [0.2, 0.25) is 0 Å². The molecule has 1 aliphatic rings. The fourth-order valence-corrected chi connectivity index (χ4v) is 2.60. The summed E-state index contributed by atoms with van der Waals surface area (Å²) in [6.45, 7) is 2.57. The first-order valence-electron chi connectivity index (χ1n) is 6.80. The molecule has 5 heteroatoms. The molecule has 1 saturated carbocycles. The van der Waals surface area contributed by atoms with Crippen molar-refractivity contribution in [2.24, 2.45) is 23.5 Å². The Balaban J connectivity index is 2.45. The summed E-state index contributed by atoms with van der Waals surface area (Å²) in [5, 5.41) is 11.7. The molecule has 4 N–H and O–H groups in total. The number of aliphatic carboxylic acids is 1. The SMILES string of the molecule is CCC(CNC(=O)C1CCCCC1CN)C(=O)O. The summed E-state index contributed by atoms with van der Waals surface area (Å²) in [5.74, 6) is -1.14. The fourth-order valence-electron chi connectivity index (χ4n) is 2.60. The van der Waals surface area contributed by atoms with E-state index in [1.807, 2.05) is 6.92 Å². The molecule has 1 rings (SSSR count). The Hall–Kier alpha value is -1.10. The van der Waals surface area contributed by atoms with E-state index in [2.05, 4.69) is 5.32 Å². The normalized spacial score (nSPS) is 25.4. The lowest BCUT2D eigenvalue weighted by Crippen LogP contribution is -2.42. The number of hydrogen-bond acceptors (Lipinski definition) is 3. The molecule has 18 heavy (non-hydrogen) atoms. The molecular formula is C13H24N2O3. The molecule has 0 aromatic carbocycles. The monoisotopic (exact) mass is 256 g/mol. The number of nitrogens with two attached hydrogens (primary N) is 1. The van der Waals surface area contributed by atoms with Crippen LogP contribution in [0.5, 0.6) is 0 Å². The summed E-state index contributed by atoms with van der Waals surface area (Å²) in [6.07, 6.45) is 4.60. The van der Waals surface area contributed by atoms with Crippen molar-refractivity contribution in [3.63, 3.8) is 0 Å². The first kappa shape index (κ1) is 15.0. The van der Waals surface area contributed by atoms with Gasteiger partial charge in [-0.1, -0.05) is 19.8 Å². The highest BCUT2D eigenvalue weighted by molar-refractivity contribution is 5.80. The Morgan fingerprint density at radius 2 is 2.06 bits per heavy atom. The summed E-state index contributed by atoms with van der Waals surface area (Å²) < 4.78 is 0. The molecular weight excluding hydrogens is 232 g/mol. The highest BCUT2D eigenvalue weighted by Gasteiger charge is 2.30. The average Bonchev–Trinajstić information content (AvgIpc) is 2.38. The van der Waals surface area contributed by atoms with Gasteiger partial charge in [-0.25, -0.2) is 0 Å². The van der Waals surface area contributed by atoms with Crippen molar-refractivity contribution in [1.29, 1.82) is 0 Å². The first-order valence-corrected chi connectivity index (χ1v) is 6.80. The Labute approximate surface area is 108 Å². The van der Waals surface area contributed by atoms with E-state index in [4.69, 9.17) is 10.8 Å². The number of carbonyl (C=O) groups excluding carboxylic acids is 1. The predicted molar refractivity (Wildman–Crippen MR) is 68.9 cm³/mol. The van der Waals surface area contributed by atoms with Gasteiger partial charge in [0.25, 0.3) is 0 Å². The number of nitrogens with one attached hydrogen (secondary N) is 1. The summed E-state index contributed by atoms with van der Waals surface area (Å²) in [5.41, 5.74) is 5.69. The van der Waals surface area contributed by atoms with Crippen LogP contribution in [0, 0.1) is 17.8 Å². The van der Waals surface area contributed by atoms with Gasteiger partial charge < -0.3 is 16.2 Å². The average molecular weight is 256 g/mol. The van der Waals surface area contributed by atoms with Crippen LogP contribution in [0.25, 0.3) is 0 Å². The molecule has 0 saturated heterocycles. The minimum Gasteiger partial charge on any atom is -0.481 e. The number of carbonyl (C=O) groups is 2. The molecule has 0 heterocycles. The second-order valence-electron chi connectivity index (χ2n) is 5.08. The van der Waals surface area contributed by atoms with E-state index in [9.17, 15) is 9.59 Å². The van der Waals surface area contributed by atoms with Gasteiger partial charge in [-0.15, -0.1) is 0 Å². The van der Waals surface area contributed by atoms with Gasteiger partial charge in [0, 0.05) is 12.5 Å². The molecule has 0 aliphatic heterocycles. The molecule has 0 bridgehead atoms. The highest BCUT2D eigenvalue weighted by Crippen LogP contribution is 2.29. The van der Waals surface area contributed by atoms with Gasteiger partial charge in [0.05, 0.1) is 5.92 Å². The third kappa shape index (κ3) is 3.98. The van der Waals surface area contributed by atoms with Crippen molar-refractivity contribution in [1.82, 2.24) is 5.32 Å². The second-order valence-corrected chi connectivity index (χ2v) is 5.08. The molecule has 1 amide bonds. The van der Waals surface area contributed by atoms with E-state index >= 15 is 0 Å². The summed E-state index contributed by atoms with van der Waals surface area (Å²) in [6, 6.07) is 0. The molecule has 1 aliphatic carbocycles. The second kappa shape index (κ2) is 7.36. The van der Waals surface area contributed by atoms with E-state index < -0.39 is 11.9 Å². The topological polar surface area (TPSA) is 92.4 Å². The standard InChI is InChI=1S/C13H24N2O3/c1-2-9(13(17)18)8-15-12(16)11-6-4-3-5-10(11)7-14/h9-11H,2-8,14H2,1H3,(H,15,16)(H,17,18). The number of carboxylic acid groups (broad SMARTS) is 1. The van der Waals surface area contributed by atoms with Crippen molar-refractivity contribution in [2.75, 3.05) is 13.1 Å². The third-order valence-corrected chi connectivity index (χ3v) is 3.91. The van der Waals surface area contributed by atoms with Crippen molar-refractivity contribution < 1.29 is 14.7 Å². The van der Waals surface area contributed by atoms with Gasteiger partial charge in [-0.2, -0.15) is 0 Å². The third-order valence-electron chi connectivity index (χ3n) is 3.91. The zero-order chi connectivity index (χ0) is 13.5. The van der Waals surface area contributed by atoms with Gasteiger partial charge in [0.2, 0.25) is 5.91 Å². The Kier molecular flexibility index (Phi) is 6.12. The molecule has 104 valence electrons. The molecule has 1 fully saturated rings. The summed E-state index contributed by atoms with van der Waals surface area (Å²) in [7, 11) is 0. The summed E-state index contributed by atoms with van der Waals surface area (Å²) >= 11 is 0. The molecule has 0 aromatic rings. The molecule has 0 radical (unpaired) electrons. The van der Waals surface area contributed by atoms with Gasteiger partial charge in [0.15, 0.2) is 0 Å². The molecule has 0 aromatic heterocycles. The van der Waals surface area contributed by atoms with Gasteiger partial charge >= 0.3 is 5.97 Å². The maximum atomic E-state index is 12.1. The number of rotatable bonds is 6. The van der Waals surface area contributed by atoms with Gasteiger partial charge in [0.1, 0.15) is 0 Å². The maximum absolute atomic E-state index is 12.1. The number of amides is 1. The van der Waals surface area contributed by atoms with E-state index in [1.165, 1.54) is 0 Å². The predicted octanol–water partition coefficient (Wildman–Crippen LogP) is 0.979. The quantitative estimate of drug-likeness (QED) is 0.660. The van der Waals surface area contributed by atoms with Crippen LogP contribution in [0.15, 0.2) is 0 Å². The van der Waals surface area contributed by atoms with E-state index in [1.54, 1.807) is 0 Å². The van der Waals surface area contributed by atoms with Crippen molar-refractivity contribution in [2.45, 2.75) is 39.0 Å². The van der Waals surface area contributed by atoms with Crippen LogP contribution in [0.1, 0.15) is 39.0 Å². The first-order chi connectivity index (χ1) is 8.60. The minimum atomic E-state index is -0.850. The van der Waals surface area contributed by atoms with Gasteiger partial charge in [-0.3, -0.25) is 9.59 Å². The maximum Gasteiger partial charge on any atom is 0.308 e. The van der Waals surface area contributed by atoms with Crippen LogP contribution in [-0.4, -0.2) is 30.1 Å². The van der Waals surface area contributed by atoms with E-state index in [0.717, 1.165) is 25.7 Å². The van der Waals surface area contributed by atoms with Crippen molar-refractivity contribution in [3.05, 3.63) is 0 Å². The largest absolute Gasteiger partial charge is 0.481 e. The van der Waals surface area contributed by atoms with Crippen LogP contribution in [0.3, 0.4) is 0 Å². The van der Waals surface area contributed by atoms with Gasteiger partial charge in [-0.05, 0) is 31.7 Å². The molecule has 5 nitrogen and oxygen atoms in total. The van der Waals surface area contributed by atoms with Crippen LogP contribution < -0.4 is 11.1 Å². The highest BCUT2D eigenvalue weighted by atomic mass is 16.4. The van der Waals surface area contributed by atoms with Crippen LogP contribution >= 0.6 is 0 Å². The molecule has 3 atom stereocenters. The van der Waals surface area contributed by atoms with Crippen LogP contribution in [0.4, 0.5) is 0 Å². The number of hydrogen-bond donors (Lipinski definition) is 3. The zero-order valence-electron chi connectivity index (χ0n) is 11.0. The zero-order valence-corrected chi connectivity index (χ0v) is 11.0. The Morgan fingerprint density at radius 3 is 2.61 bits per heavy atom. The van der Waals surface area contributed by atoms with Crippen molar-refractivity contribution >= 4 is 11.9 Å². The van der Waals surface area contributed by atoms with Crippen LogP contribution in [-0.2, 0) is 9.59 Å². The van der Waals surface area contributed by atoms with Crippen molar-refractivity contribution in [3.8, 4) is 0 Å². The molecule has 0 spiro atoms. The lowest BCUT2D eigenvalue weighted by atomic mass is 9.78. The number of carboxylic acids is 1. The summed E-state index contributed by atoms with van der Waals surface area (Å²) in [4.78, 5) is 22.9. The lowest BCUT2D eigenvalue weighted by Gasteiger charge is -2.29. The smallest absolute Gasteiger partial charge is 0.308 e. The Morgan fingerprint density at radius 1 is 1.39 bits per heavy atom. The van der Waals surface area contributed by atoms with E-state index in [0.29, 0.717) is 13.0 Å². The molecule has 3 unspecified atom stereocenters. The Bertz CT molecular complexity index is 294. The lowest BCUT2D eigenvalue weighted by molar-refractivity contribution is -0.141.